The maximum absolute atomic E-state index is 14.3. The van der Waals surface area contributed by atoms with Gasteiger partial charge < -0.3 is 30.1 Å². The highest BCUT2D eigenvalue weighted by molar-refractivity contribution is 7.09. The van der Waals surface area contributed by atoms with Gasteiger partial charge in [0.05, 0.1) is 25.7 Å². The fourth-order valence-electron chi connectivity index (χ4n) is 7.30. The number of likely N-dealkylation sites (tertiary alicyclic amines) is 1. The van der Waals surface area contributed by atoms with Crippen LogP contribution in [0.1, 0.15) is 114 Å². The minimum atomic E-state index is -0.855. The van der Waals surface area contributed by atoms with Gasteiger partial charge in [0.15, 0.2) is 6.10 Å². The highest BCUT2D eigenvalue weighted by Gasteiger charge is 2.38. The first kappa shape index (κ1) is 45.5. The fraction of sp³-hybridized carbons (Fsp3) is 0.659. The highest BCUT2D eigenvalue weighted by Crippen LogP contribution is 2.31. The first-order valence-electron chi connectivity index (χ1n) is 19.7. The summed E-state index contributed by atoms with van der Waals surface area (Å²) in [5.41, 5.74) is 1.04. The second-order valence-electron chi connectivity index (χ2n) is 15.1. The second kappa shape index (κ2) is 22.6. The Hall–Kier alpha value is -3.88. The maximum Gasteiger partial charge on any atom is 0.311 e. The summed E-state index contributed by atoms with van der Waals surface area (Å²) in [5, 5.41) is 18.0. The molecule has 55 heavy (non-hydrogen) atoms. The lowest BCUT2D eigenvalue weighted by atomic mass is 9.92. The van der Waals surface area contributed by atoms with Gasteiger partial charge in [-0.1, -0.05) is 77.8 Å². The molecule has 0 radical (unpaired) electrons. The third kappa shape index (κ3) is 13.4. The number of aliphatic hydroxyl groups excluding tert-OH is 1. The van der Waals surface area contributed by atoms with Crippen molar-refractivity contribution in [2.45, 2.75) is 123 Å². The first-order valence-corrected chi connectivity index (χ1v) is 20.6. The molecule has 3 rings (SSSR count). The van der Waals surface area contributed by atoms with E-state index in [0.717, 1.165) is 44.3 Å². The Morgan fingerprint density at radius 1 is 1.05 bits per heavy atom. The van der Waals surface area contributed by atoms with Gasteiger partial charge in [-0.3, -0.25) is 28.9 Å². The zero-order valence-corrected chi connectivity index (χ0v) is 34.7. The molecule has 2 heterocycles. The summed E-state index contributed by atoms with van der Waals surface area (Å²) >= 11 is 1.17. The number of methoxy groups -OCH3 is 1. The number of aliphatic hydroxyl groups is 1. The summed E-state index contributed by atoms with van der Waals surface area (Å²) in [7, 11) is 2.98. The molecule has 14 heteroatoms. The Balaban J connectivity index is 1.83. The molecule has 7 atom stereocenters. The monoisotopic (exact) mass is 785 g/mol. The number of esters is 2. The number of piperidine rings is 1. The van der Waals surface area contributed by atoms with Crippen molar-refractivity contribution < 1.29 is 38.6 Å². The van der Waals surface area contributed by atoms with E-state index < -0.39 is 54.6 Å². The van der Waals surface area contributed by atoms with Crippen LogP contribution in [0.2, 0.25) is 0 Å². The minimum absolute atomic E-state index is 0.0607. The molecule has 1 aliphatic rings. The molecule has 0 aliphatic carbocycles. The summed E-state index contributed by atoms with van der Waals surface area (Å²) in [6.07, 6.45) is 4.34. The molecule has 1 aromatic carbocycles. The molecular weight excluding hydrogens is 723 g/mol. The van der Waals surface area contributed by atoms with E-state index in [1.54, 1.807) is 17.3 Å². The van der Waals surface area contributed by atoms with Gasteiger partial charge in [0, 0.05) is 37.9 Å². The number of ether oxygens (including phenoxy) is 2. The number of likely N-dealkylation sites (N-methyl/N-ethyl adjacent to an activating group) is 1. The molecule has 0 saturated carbocycles. The highest BCUT2D eigenvalue weighted by atomic mass is 32.1. The standard InChI is InChI=1S/C41H63N5O8S/c1-9-19-46-20-15-14-18-33(46)38(50)44-36(27(5)10-2)40(51)45(7)34(26(3)4)23-35(54-28(6)48)39-43-32(25-55-39)37(49)42-31(21-29-16-12-11-13-17-29)22-30(24-47)41(52)53-8/h11-13,16-17,25-27,30-31,33-36,47H,9-10,14-15,18-24H2,1-8H3,(H,42,49)(H,44,50)/t27-,30?,31-,33+,34+,35+,36-/m0/s1. The van der Waals surface area contributed by atoms with Crippen LogP contribution >= 0.6 is 11.3 Å². The van der Waals surface area contributed by atoms with Crippen molar-refractivity contribution in [2.24, 2.45) is 17.8 Å². The molecule has 1 saturated heterocycles. The molecule has 0 bridgehead atoms. The van der Waals surface area contributed by atoms with Gasteiger partial charge in [-0.25, -0.2) is 4.98 Å². The van der Waals surface area contributed by atoms with Crippen LogP contribution < -0.4 is 10.6 Å². The molecule has 1 aromatic heterocycles. The Kier molecular flexibility index (Phi) is 18.7. The topological polar surface area (TPSA) is 167 Å². The average molecular weight is 786 g/mol. The van der Waals surface area contributed by atoms with E-state index in [0.29, 0.717) is 17.8 Å². The number of hydrogen-bond acceptors (Lipinski definition) is 11. The van der Waals surface area contributed by atoms with Gasteiger partial charge in [0.25, 0.3) is 5.91 Å². The second-order valence-corrected chi connectivity index (χ2v) is 16.0. The van der Waals surface area contributed by atoms with Crippen molar-refractivity contribution >= 4 is 41.0 Å². The number of carbonyl (C=O) groups is 5. The van der Waals surface area contributed by atoms with Crippen molar-refractivity contribution in [1.82, 2.24) is 25.4 Å². The van der Waals surface area contributed by atoms with Crippen LogP contribution in [-0.2, 0) is 35.1 Å². The fourth-order valence-corrected chi connectivity index (χ4v) is 8.14. The van der Waals surface area contributed by atoms with Crippen LogP contribution in [0.3, 0.4) is 0 Å². The van der Waals surface area contributed by atoms with Crippen molar-refractivity contribution in [3.8, 4) is 0 Å². The molecule has 1 fully saturated rings. The van der Waals surface area contributed by atoms with Crippen molar-refractivity contribution in [3.05, 3.63) is 52.0 Å². The van der Waals surface area contributed by atoms with E-state index >= 15 is 0 Å². The van der Waals surface area contributed by atoms with E-state index in [9.17, 15) is 29.1 Å². The normalized spacial score (nSPS) is 18.0. The van der Waals surface area contributed by atoms with Gasteiger partial charge in [-0.15, -0.1) is 11.3 Å². The van der Waals surface area contributed by atoms with Crippen LogP contribution in [0.25, 0.3) is 0 Å². The Bertz CT molecular complexity index is 1540. The van der Waals surface area contributed by atoms with Gasteiger partial charge in [0.1, 0.15) is 16.7 Å². The van der Waals surface area contributed by atoms with Crippen molar-refractivity contribution in [2.75, 3.05) is 33.9 Å². The van der Waals surface area contributed by atoms with Crippen LogP contribution in [-0.4, -0.2) is 108 Å². The van der Waals surface area contributed by atoms with E-state index in [2.05, 4.69) is 27.4 Å². The Morgan fingerprint density at radius 3 is 2.36 bits per heavy atom. The zero-order valence-electron chi connectivity index (χ0n) is 33.9. The van der Waals surface area contributed by atoms with Gasteiger partial charge in [0.2, 0.25) is 11.8 Å². The number of aromatic nitrogens is 1. The van der Waals surface area contributed by atoms with E-state index in [-0.39, 0.29) is 48.2 Å². The smallest absolute Gasteiger partial charge is 0.311 e. The lowest BCUT2D eigenvalue weighted by Crippen LogP contribution is -2.58. The number of amides is 3. The third-order valence-corrected chi connectivity index (χ3v) is 11.5. The molecular formula is C41H63N5O8S. The molecule has 2 aromatic rings. The first-order chi connectivity index (χ1) is 26.2. The van der Waals surface area contributed by atoms with Crippen molar-refractivity contribution in [1.29, 1.82) is 0 Å². The molecule has 306 valence electrons. The Morgan fingerprint density at radius 2 is 1.76 bits per heavy atom. The molecule has 3 N–H and O–H groups in total. The summed E-state index contributed by atoms with van der Waals surface area (Å²) < 4.78 is 10.7. The summed E-state index contributed by atoms with van der Waals surface area (Å²) in [6, 6.07) is 7.55. The number of nitrogens with zero attached hydrogens (tertiary/aromatic N) is 3. The summed E-state index contributed by atoms with van der Waals surface area (Å²) in [6.45, 7) is 12.6. The quantitative estimate of drug-likeness (QED) is 0.148. The van der Waals surface area contributed by atoms with Gasteiger partial charge in [-0.2, -0.15) is 0 Å². The largest absolute Gasteiger partial charge is 0.469 e. The van der Waals surface area contributed by atoms with Gasteiger partial charge in [-0.05, 0) is 62.6 Å². The number of benzene rings is 1. The van der Waals surface area contributed by atoms with Crippen LogP contribution in [0.15, 0.2) is 35.7 Å². The predicted molar refractivity (Wildman–Crippen MR) is 212 cm³/mol. The lowest BCUT2D eigenvalue weighted by Gasteiger charge is -2.39. The molecule has 0 spiro atoms. The van der Waals surface area contributed by atoms with Crippen LogP contribution in [0, 0.1) is 17.8 Å². The minimum Gasteiger partial charge on any atom is -0.469 e. The van der Waals surface area contributed by atoms with Crippen LogP contribution in [0.5, 0.6) is 0 Å². The zero-order chi connectivity index (χ0) is 40.7. The van der Waals surface area contributed by atoms with E-state index in [1.165, 1.54) is 25.4 Å². The maximum atomic E-state index is 14.3. The number of hydrogen-bond donors (Lipinski definition) is 3. The number of rotatable bonds is 21. The predicted octanol–water partition coefficient (Wildman–Crippen LogP) is 4.93. The number of nitrogens with one attached hydrogen (secondary N) is 2. The van der Waals surface area contributed by atoms with Crippen LogP contribution in [0.4, 0.5) is 0 Å². The number of thiazole rings is 1. The lowest BCUT2D eigenvalue weighted by molar-refractivity contribution is -0.149. The average Bonchev–Trinajstić information content (AvgIpc) is 3.67. The van der Waals surface area contributed by atoms with E-state index in [4.69, 9.17) is 9.47 Å². The molecule has 1 unspecified atom stereocenters. The van der Waals surface area contributed by atoms with Gasteiger partial charge >= 0.3 is 11.9 Å². The summed E-state index contributed by atoms with van der Waals surface area (Å²) in [5.74, 6) is -2.92. The van der Waals surface area contributed by atoms with Crippen molar-refractivity contribution in [3.63, 3.8) is 0 Å². The summed E-state index contributed by atoms with van der Waals surface area (Å²) in [4.78, 5) is 74.9. The van der Waals surface area contributed by atoms with E-state index in [1.807, 2.05) is 58.0 Å². The Labute approximate surface area is 330 Å². The molecule has 13 nitrogen and oxygen atoms in total. The molecule has 1 aliphatic heterocycles. The third-order valence-electron chi connectivity index (χ3n) is 10.6. The number of carbonyl (C=O) groups excluding carboxylic acids is 5. The SMILES string of the molecule is CCCN1CCCC[C@@H]1C(=O)N[C@H](C(=O)N(C)[C@H](C[C@@H](OC(C)=O)c1nc(C(=O)N[C@@H](Cc2ccccc2)CC(CO)C(=O)OC)cs1)C(C)C)[C@@H](C)CC. The molecule has 3 amide bonds.